The van der Waals surface area contributed by atoms with E-state index in [9.17, 15) is 4.79 Å². The third kappa shape index (κ3) is 3.45. The van der Waals surface area contributed by atoms with Crippen molar-refractivity contribution in [3.8, 4) is 0 Å². The first-order valence-corrected chi connectivity index (χ1v) is 7.44. The van der Waals surface area contributed by atoms with Crippen molar-refractivity contribution in [2.45, 2.75) is 38.8 Å². The Labute approximate surface area is 122 Å². The van der Waals surface area contributed by atoms with Crippen LogP contribution in [-0.2, 0) is 0 Å². The summed E-state index contributed by atoms with van der Waals surface area (Å²) in [6.45, 7) is 5.16. The number of nitrogens with one attached hydrogen (secondary N) is 2. The lowest BCUT2D eigenvalue weighted by Crippen LogP contribution is -2.46. The zero-order valence-corrected chi connectivity index (χ0v) is 13.0. The van der Waals surface area contributed by atoms with Crippen LogP contribution >= 0.6 is 22.6 Å². The minimum Gasteiger partial charge on any atom is -0.349 e. The van der Waals surface area contributed by atoms with Gasteiger partial charge in [-0.05, 0) is 68.0 Å². The van der Waals surface area contributed by atoms with Crippen LogP contribution in [0, 0.1) is 10.5 Å². The average molecular weight is 358 g/mol. The Bertz CT molecular complexity index is 447. The molecule has 1 aliphatic heterocycles. The van der Waals surface area contributed by atoms with Gasteiger partial charge < -0.3 is 10.6 Å². The van der Waals surface area contributed by atoms with Crippen LogP contribution in [0.15, 0.2) is 18.2 Å². The minimum absolute atomic E-state index is 0.0576. The highest BCUT2D eigenvalue weighted by atomic mass is 127. The second-order valence-corrected chi connectivity index (χ2v) is 6.20. The van der Waals surface area contributed by atoms with Crippen molar-refractivity contribution in [1.29, 1.82) is 0 Å². The fraction of sp³-hybridized carbons (Fsp3) is 0.500. The summed E-state index contributed by atoms with van der Waals surface area (Å²) in [5.74, 6) is 0.0576. The van der Waals surface area contributed by atoms with Crippen molar-refractivity contribution < 1.29 is 4.79 Å². The Balaban J connectivity index is 2.05. The highest BCUT2D eigenvalue weighted by molar-refractivity contribution is 14.1. The quantitative estimate of drug-likeness (QED) is 0.798. The lowest BCUT2D eigenvalue weighted by molar-refractivity contribution is 0.0924. The third-order valence-corrected chi connectivity index (χ3v) is 4.27. The fourth-order valence-corrected chi connectivity index (χ4v) is 2.92. The van der Waals surface area contributed by atoms with Gasteiger partial charge >= 0.3 is 0 Å². The summed E-state index contributed by atoms with van der Waals surface area (Å²) in [5.41, 5.74) is 1.92. The lowest BCUT2D eigenvalue weighted by Gasteiger charge is -2.28. The smallest absolute Gasteiger partial charge is 0.252 e. The normalized spacial score (nSPS) is 23.7. The second kappa shape index (κ2) is 6.02. The van der Waals surface area contributed by atoms with Crippen molar-refractivity contribution in [2.75, 3.05) is 6.54 Å². The molecule has 2 unspecified atom stereocenters. The van der Waals surface area contributed by atoms with Crippen LogP contribution in [0.1, 0.15) is 35.7 Å². The average Bonchev–Trinajstić information content (AvgIpc) is 2.32. The van der Waals surface area contributed by atoms with Gasteiger partial charge in [0, 0.05) is 15.7 Å². The molecule has 0 radical (unpaired) electrons. The van der Waals surface area contributed by atoms with Crippen molar-refractivity contribution >= 4 is 28.5 Å². The number of hydrogen-bond donors (Lipinski definition) is 2. The summed E-state index contributed by atoms with van der Waals surface area (Å²) in [6, 6.07) is 6.77. The molecule has 1 saturated heterocycles. The standard InChI is InChI=1S/C14H19IN2O/c1-9-3-4-13(15)12(7-9)14(18)17-11-5-6-16-10(2)8-11/h3-4,7,10-11,16H,5-6,8H2,1-2H3,(H,17,18). The summed E-state index contributed by atoms with van der Waals surface area (Å²) in [6.07, 6.45) is 2.02. The van der Waals surface area contributed by atoms with Crippen LogP contribution in [0.25, 0.3) is 0 Å². The number of carbonyl (C=O) groups excluding carboxylic acids is 1. The number of carbonyl (C=O) groups is 1. The van der Waals surface area contributed by atoms with Gasteiger partial charge in [0.1, 0.15) is 0 Å². The maximum absolute atomic E-state index is 12.3. The Morgan fingerprint density at radius 2 is 2.28 bits per heavy atom. The molecule has 1 amide bonds. The third-order valence-electron chi connectivity index (χ3n) is 3.33. The van der Waals surface area contributed by atoms with Gasteiger partial charge in [0.2, 0.25) is 0 Å². The number of aryl methyl sites for hydroxylation is 1. The second-order valence-electron chi connectivity index (χ2n) is 5.03. The van der Waals surface area contributed by atoms with Gasteiger partial charge in [0.25, 0.3) is 5.91 Å². The predicted octanol–water partition coefficient (Wildman–Crippen LogP) is 2.47. The number of benzene rings is 1. The van der Waals surface area contributed by atoms with Crippen LogP contribution in [0.3, 0.4) is 0 Å². The van der Waals surface area contributed by atoms with Crippen molar-refractivity contribution in [3.05, 3.63) is 32.9 Å². The molecule has 1 heterocycles. The Morgan fingerprint density at radius 3 is 3.00 bits per heavy atom. The van der Waals surface area contributed by atoms with Crippen LogP contribution in [0.2, 0.25) is 0 Å². The van der Waals surface area contributed by atoms with Crippen molar-refractivity contribution in [1.82, 2.24) is 10.6 Å². The van der Waals surface area contributed by atoms with Crippen LogP contribution in [0.4, 0.5) is 0 Å². The van der Waals surface area contributed by atoms with Gasteiger partial charge in [-0.25, -0.2) is 0 Å². The first kappa shape index (κ1) is 13.8. The van der Waals surface area contributed by atoms with Gasteiger partial charge in [0.15, 0.2) is 0 Å². The maximum Gasteiger partial charge on any atom is 0.252 e. The van der Waals surface area contributed by atoms with Crippen LogP contribution in [0.5, 0.6) is 0 Å². The summed E-state index contributed by atoms with van der Waals surface area (Å²) < 4.78 is 1.01. The van der Waals surface area contributed by atoms with Gasteiger partial charge in [-0.15, -0.1) is 0 Å². The molecule has 2 rings (SSSR count). The molecule has 2 N–H and O–H groups in total. The SMILES string of the molecule is Cc1ccc(I)c(C(=O)NC2CCNC(C)C2)c1. The minimum atomic E-state index is 0.0576. The van der Waals surface area contributed by atoms with E-state index in [0.717, 1.165) is 34.1 Å². The Kier molecular flexibility index (Phi) is 4.61. The molecule has 1 aromatic carbocycles. The molecule has 3 nitrogen and oxygen atoms in total. The molecule has 98 valence electrons. The van der Waals surface area contributed by atoms with Gasteiger partial charge in [-0.2, -0.15) is 0 Å². The van der Waals surface area contributed by atoms with E-state index in [4.69, 9.17) is 0 Å². The molecule has 1 aromatic rings. The zero-order chi connectivity index (χ0) is 13.1. The fourth-order valence-electron chi connectivity index (χ4n) is 2.34. The number of hydrogen-bond acceptors (Lipinski definition) is 2. The summed E-state index contributed by atoms with van der Waals surface area (Å²) in [5, 5.41) is 6.54. The summed E-state index contributed by atoms with van der Waals surface area (Å²) in [4.78, 5) is 12.3. The van der Waals surface area contributed by atoms with E-state index in [1.165, 1.54) is 0 Å². The van der Waals surface area contributed by atoms with E-state index in [1.807, 2.05) is 25.1 Å². The van der Waals surface area contributed by atoms with Gasteiger partial charge in [-0.3, -0.25) is 4.79 Å². The molecule has 0 aliphatic carbocycles. The Hall–Kier alpha value is -0.620. The van der Waals surface area contributed by atoms with E-state index >= 15 is 0 Å². The first-order valence-electron chi connectivity index (χ1n) is 6.36. The Morgan fingerprint density at radius 1 is 1.50 bits per heavy atom. The van der Waals surface area contributed by atoms with Gasteiger partial charge in [0.05, 0.1) is 5.56 Å². The number of amides is 1. The molecule has 0 aromatic heterocycles. The predicted molar refractivity (Wildman–Crippen MR) is 81.8 cm³/mol. The topological polar surface area (TPSA) is 41.1 Å². The van der Waals surface area contributed by atoms with E-state index in [2.05, 4.69) is 40.1 Å². The molecule has 0 saturated carbocycles. The summed E-state index contributed by atoms with van der Waals surface area (Å²) >= 11 is 2.22. The number of rotatable bonds is 2. The van der Waals surface area contributed by atoms with Crippen molar-refractivity contribution in [3.63, 3.8) is 0 Å². The van der Waals surface area contributed by atoms with E-state index in [1.54, 1.807) is 0 Å². The lowest BCUT2D eigenvalue weighted by atomic mass is 10.00. The van der Waals surface area contributed by atoms with Gasteiger partial charge in [-0.1, -0.05) is 11.6 Å². The molecule has 0 bridgehead atoms. The molecule has 4 heteroatoms. The molecular weight excluding hydrogens is 339 g/mol. The molecule has 1 aliphatic rings. The summed E-state index contributed by atoms with van der Waals surface area (Å²) in [7, 11) is 0. The molecule has 0 spiro atoms. The molecule has 1 fully saturated rings. The van der Waals surface area contributed by atoms with Crippen LogP contribution in [-0.4, -0.2) is 24.5 Å². The largest absolute Gasteiger partial charge is 0.349 e. The highest BCUT2D eigenvalue weighted by Crippen LogP contribution is 2.15. The monoisotopic (exact) mass is 358 g/mol. The van der Waals surface area contributed by atoms with Crippen LogP contribution < -0.4 is 10.6 Å². The van der Waals surface area contributed by atoms with E-state index < -0.39 is 0 Å². The van der Waals surface area contributed by atoms with Crippen molar-refractivity contribution in [2.24, 2.45) is 0 Å². The zero-order valence-electron chi connectivity index (χ0n) is 10.8. The highest BCUT2D eigenvalue weighted by Gasteiger charge is 2.21. The molecule has 18 heavy (non-hydrogen) atoms. The number of piperidine rings is 1. The van der Waals surface area contributed by atoms with E-state index in [-0.39, 0.29) is 5.91 Å². The first-order chi connectivity index (χ1) is 8.56. The number of halogens is 1. The molecular formula is C14H19IN2O. The van der Waals surface area contributed by atoms with E-state index in [0.29, 0.717) is 12.1 Å². The maximum atomic E-state index is 12.3. The molecule has 2 atom stereocenters.